The smallest absolute Gasteiger partial charge is 0.0548 e. The van der Waals surface area contributed by atoms with E-state index in [1.165, 1.54) is 12.0 Å². The van der Waals surface area contributed by atoms with Crippen LogP contribution in [0.1, 0.15) is 17.9 Å². The van der Waals surface area contributed by atoms with Crippen LogP contribution in [0.5, 0.6) is 0 Å². The van der Waals surface area contributed by atoms with Crippen molar-refractivity contribution in [3.05, 3.63) is 33.3 Å². The van der Waals surface area contributed by atoms with E-state index in [9.17, 15) is 0 Å². The number of benzene rings is 1. The summed E-state index contributed by atoms with van der Waals surface area (Å²) >= 11 is 12.9. The first kappa shape index (κ1) is 10.0. The second-order valence-electron chi connectivity index (χ2n) is 3.43. The van der Waals surface area contributed by atoms with E-state index >= 15 is 0 Å². The molecule has 0 N–H and O–H groups in total. The van der Waals surface area contributed by atoms with Crippen molar-refractivity contribution in [2.24, 2.45) is 5.92 Å². The fraction of sp³-hybridized carbons (Fsp3) is 0.400. The molecule has 0 nitrogen and oxygen atoms in total. The molecule has 0 saturated heterocycles. The fourth-order valence-electron chi connectivity index (χ4n) is 1.57. The molecule has 13 heavy (non-hydrogen) atoms. The molecular formula is C10H9Br2Cl. The van der Waals surface area contributed by atoms with E-state index in [1.54, 1.807) is 0 Å². The Kier molecular flexibility index (Phi) is 3.01. The molecule has 0 bridgehead atoms. The van der Waals surface area contributed by atoms with E-state index in [4.69, 9.17) is 11.6 Å². The van der Waals surface area contributed by atoms with Crippen molar-refractivity contribution in [2.45, 2.75) is 12.3 Å². The highest BCUT2D eigenvalue weighted by Gasteiger charge is 2.37. The summed E-state index contributed by atoms with van der Waals surface area (Å²) in [6, 6.07) is 6.22. The molecule has 1 aliphatic carbocycles. The minimum absolute atomic E-state index is 0.743. The third kappa shape index (κ3) is 2.11. The van der Waals surface area contributed by atoms with Crippen LogP contribution in [0.2, 0.25) is 5.02 Å². The maximum atomic E-state index is 5.92. The van der Waals surface area contributed by atoms with Crippen LogP contribution < -0.4 is 0 Å². The van der Waals surface area contributed by atoms with Gasteiger partial charge in [-0.3, -0.25) is 0 Å². The average Bonchev–Trinajstić information content (AvgIpc) is 2.88. The summed E-state index contributed by atoms with van der Waals surface area (Å²) in [7, 11) is 0. The first-order valence-electron chi connectivity index (χ1n) is 4.23. The largest absolute Gasteiger partial charge is 0.0925 e. The van der Waals surface area contributed by atoms with Crippen molar-refractivity contribution in [3.63, 3.8) is 0 Å². The second-order valence-corrected chi connectivity index (χ2v) is 5.34. The van der Waals surface area contributed by atoms with Gasteiger partial charge in [-0.25, -0.2) is 0 Å². The van der Waals surface area contributed by atoms with E-state index in [1.807, 2.05) is 6.07 Å². The number of alkyl halides is 1. The molecule has 0 aromatic heterocycles. The van der Waals surface area contributed by atoms with Crippen molar-refractivity contribution in [3.8, 4) is 0 Å². The van der Waals surface area contributed by atoms with Gasteiger partial charge in [0.25, 0.3) is 0 Å². The van der Waals surface area contributed by atoms with Crippen molar-refractivity contribution < 1.29 is 0 Å². The molecule has 0 spiro atoms. The normalized spacial score (nSPS) is 26.1. The molecular weight excluding hydrogens is 315 g/mol. The molecule has 2 rings (SSSR count). The van der Waals surface area contributed by atoms with E-state index in [2.05, 4.69) is 44.0 Å². The molecule has 0 radical (unpaired) electrons. The zero-order valence-electron chi connectivity index (χ0n) is 6.93. The molecule has 1 aliphatic rings. The van der Waals surface area contributed by atoms with Crippen molar-refractivity contribution in [1.82, 2.24) is 0 Å². The van der Waals surface area contributed by atoms with Gasteiger partial charge in [-0.2, -0.15) is 0 Å². The van der Waals surface area contributed by atoms with Gasteiger partial charge in [0.2, 0.25) is 0 Å². The van der Waals surface area contributed by atoms with Gasteiger partial charge >= 0.3 is 0 Å². The maximum absolute atomic E-state index is 5.92. The summed E-state index contributed by atoms with van der Waals surface area (Å²) < 4.78 is 1.01. The zero-order chi connectivity index (χ0) is 9.42. The van der Waals surface area contributed by atoms with Crippen molar-refractivity contribution >= 4 is 43.5 Å². The first-order valence-corrected chi connectivity index (χ1v) is 6.52. The molecule has 1 aromatic carbocycles. The van der Waals surface area contributed by atoms with Crippen LogP contribution in [0.15, 0.2) is 22.7 Å². The van der Waals surface area contributed by atoms with Gasteiger partial charge < -0.3 is 0 Å². The molecule has 70 valence electrons. The van der Waals surface area contributed by atoms with E-state index < -0.39 is 0 Å². The van der Waals surface area contributed by atoms with Crippen LogP contribution in [0, 0.1) is 5.92 Å². The molecule has 2 unspecified atom stereocenters. The van der Waals surface area contributed by atoms with Gasteiger partial charge in [-0.15, -0.1) is 0 Å². The third-order valence-corrected chi connectivity index (χ3v) is 4.54. The van der Waals surface area contributed by atoms with Crippen LogP contribution in [0.3, 0.4) is 0 Å². The third-order valence-electron chi connectivity index (χ3n) is 2.49. The molecule has 3 heteroatoms. The molecule has 1 fully saturated rings. The van der Waals surface area contributed by atoms with Crippen LogP contribution >= 0.6 is 43.5 Å². The van der Waals surface area contributed by atoms with Crippen molar-refractivity contribution in [1.29, 1.82) is 0 Å². The lowest BCUT2D eigenvalue weighted by Gasteiger charge is -2.01. The monoisotopic (exact) mass is 322 g/mol. The van der Waals surface area contributed by atoms with Crippen LogP contribution in [-0.2, 0) is 0 Å². The number of hydrogen-bond donors (Lipinski definition) is 0. The standard InChI is InChI=1S/C10H9Br2Cl/c11-5-7-3-8(7)6-1-2-10(13)9(12)4-6/h1-2,4,7-8H,3,5H2. The van der Waals surface area contributed by atoms with Gasteiger partial charge in [0.05, 0.1) is 5.02 Å². The topological polar surface area (TPSA) is 0 Å². The fourth-order valence-corrected chi connectivity index (χ4v) is 2.80. The SMILES string of the molecule is Clc1ccc(C2CC2CBr)cc1Br. The molecule has 1 saturated carbocycles. The number of hydrogen-bond acceptors (Lipinski definition) is 0. The van der Waals surface area contributed by atoms with Gasteiger partial charge in [0, 0.05) is 9.80 Å². The molecule has 0 aliphatic heterocycles. The Morgan fingerprint density at radius 3 is 2.77 bits per heavy atom. The Bertz CT molecular complexity index is 325. The van der Waals surface area contributed by atoms with Crippen LogP contribution in [0.25, 0.3) is 0 Å². The average molecular weight is 324 g/mol. The summed E-state index contributed by atoms with van der Waals surface area (Å²) in [5.41, 5.74) is 1.40. The Balaban J connectivity index is 2.19. The summed E-state index contributed by atoms with van der Waals surface area (Å²) in [4.78, 5) is 0. The van der Waals surface area contributed by atoms with E-state index in [0.717, 1.165) is 26.7 Å². The Morgan fingerprint density at radius 1 is 1.46 bits per heavy atom. The highest BCUT2D eigenvalue weighted by Crippen LogP contribution is 2.49. The second kappa shape index (κ2) is 3.92. The van der Waals surface area contributed by atoms with Gasteiger partial charge in [-0.05, 0) is 51.9 Å². The molecule has 0 heterocycles. The van der Waals surface area contributed by atoms with Crippen molar-refractivity contribution in [2.75, 3.05) is 5.33 Å². The van der Waals surface area contributed by atoms with Crippen LogP contribution in [0.4, 0.5) is 0 Å². The minimum atomic E-state index is 0.743. The highest BCUT2D eigenvalue weighted by atomic mass is 79.9. The lowest BCUT2D eigenvalue weighted by molar-refractivity contribution is 0.936. The molecule has 2 atom stereocenters. The number of rotatable bonds is 2. The van der Waals surface area contributed by atoms with E-state index in [-0.39, 0.29) is 0 Å². The molecule has 1 aromatic rings. The van der Waals surface area contributed by atoms with E-state index in [0.29, 0.717) is 0 Å². The molecule has 0 amide bonds. The van der Waals surface area contributed by atoms with Gasteiger partial charge in [0.15, 0.2) is 0 Å². The van der Waals surface area contributed by atoms with Gasteiger partial charge in [0.1, 0.15) is 0 Å². The summed E-state index contributed by atoms with van der Waals surface area (Å²) in [6.45, 7) is 0. The minimum Gasteiger partial charge on any atom is -0.0925 e. The Morgan fingerprint density at radius 2 is 2.23 bits per heavy atom. The Labute approximate surface area is 99.9 Å². The summed E-state index contributed by atoms with van der Waals surface area (Å²) in [5, 5.41) is 1.90. The first-order chi connectivity index (χ1) is 6.22. The highest BCUT2D eigenvalue weighted by molar-refractivity contribution is 9.10. The van der Waals surface area contributed by atoms with Crippen LogP contribution in [-0.4, -0.2) is 5.33 Å². The zero-order valence-corrected chi connectivity index (χ0v) is 10.9. The lowest BCUT2D eigenvalue weighted by Crippen LogP contribution is -1.84. The predicted molar refractivity (Wildman–Crippen MR) is 63.8 cm³/mol. The predicted octanol–water partition coefficient (Wildman–Crippen LogP) is 4.60. The summed E-state index contributed by atoms with van der Waals surface area (Å²) in [5.74, 6) is 1.57. The Hall–Kier alpha value is 0.470. The maximum Gasteiger partial charge on any atom is 0.0548 e. The van der Waals surface area contributed by atoms with Gasteiger partial charge in [-0.1, -0.05) is 33.6 Å². The lowest BCUT2D eigenvalue weighted by atomic mass is 10.1. The quantitative estimate of drug-likeness (QED) is 0.697. The number of halogens is 3. The summed E-state index contributed by atoms with van der Waals surface area (Å²) in [6.07, 6.45) is 1.30.